The number of halogens is 3. The first-order valence-electron chi connectivity index (χ1n) is 7.29. The van der Waals surface area contributed by atoms with Crippen LogP contribution < -0.4 is 15.0 Å². The highest BCUT2D eigenvalue weighted by Gasteiger charge is 2.27. The maximum atomic E-state index is 12.3. The Kier molecular flexibility index (Phi) is 5.87. The molecule has 1 aromatic rings. The molecule has 128 valence electrons. The van der Waals surface area contributed by atoms with E-state index in [2.05, 4.69) is 10.2 Å². The van der Waals surface area contributed by atoms with E-state index in [1.54, 1.807) is 19.2 Å². The van der Waals surface area contributed by atoms with Gasteiger partial charge in [0.25, 0.3) is 6.43 Å². The first-order valence-corrected chi connectivity index (χ1v) is 7.66. The predicted molar refractivity (Wildman–Crippen MR) is 85.8 cm³/mol. The van der Waals surface area contributed by atoms with Gasteiger partial charge in [0.2, 0.25) is 0 Å². The third kappa shape index (κ3) is 4.60. The maximum absolute atomic E-state index is 12.3. The predicted octanol–water partition coefficient (Wildman–Crippen LogP) is 2.83. The molecule has 1 fully saturated rings. The van der Waals surface area contributed by atoms with Crippen LogP contribution in [0.1, 0.15) is 6.42 Å². The Hall–Kier alpha value is -1.76. The van der Waals surface area contributed by atoms with Crippen LogP contribution in [0.3, 0.4) is 0 Å². The van der Waals surface area contributed by atoms with Crippen molar-refractivity contribution in [2.24, 2.45) is 0 Å². The van der Waals surface area contributed by atoms with Crippen LogP contribution in [0.15, 0.2) is 18.2 Å². The molecule has 0 bridgehead atoms. The number of alkyl halides is 2. The van der Waals surface area contributed by atoms with E-state index < -0.39 is 19.0 Å². The number of anilines is 1. The van der Waals surface area contributed by atoms with E-state index >= 15 is 0 Å². The van der Waals surface area contributed by atoms with Gasteiger partial charge in [-0.15, -0.1) is 0 Å². The summed E-state index contributed by atoms with van der Waals surface area (Å²) < 4.78 is 29.9. The lowest BCUT2D eigenvalue weighted by Gasteiger charge is -2.23. The lowest BCUT2D eigenvalue weighted by molar-refractivity contribution is 0.107. The standard InChI is InChI=1S/C15H20ClF2N3O2/c1-20(9-14(17)18)15(22)19-11-5-6-21(8-11)12-7-10(16)3-4-13(12)23-2/h3-4,7,11,14H,5-6,8-9H2,1-2H3,(H,19,22)/t11-/m1/s1. The van der Waals surface area contributed by atoms with Crippen LogP contribution in [0.4, 0.5) is 19.3 Å². The van der Waals surface area contributed by atoms with Gasteiger partial charge in [-0.1, -0.05) is 11.6 Å². The molecule has 0 saturated carbocycles. The smallest absolute Gasteiger partial charge is 0.317 e. The molecule has 2 amide bonds. The van der Waals surface area contributed by atoms with Crippen molar-refractivity contribution >= 4 is 23.3 Å². The number of nitrogens with one attached hydrogen (secondary N) is 1. The zero-order valence-electron chi connectivity index (χ0n) is 13.1. The fraction of sp³-hybridized carbons (Fsp3) is 0.533. The van der Waals surface area contributed by atoms with E-state index in [1.807, 2.05) is 6.07 Å². The summed E-state index contributed by atoms with van der Waals surface area (Å²) in [5.74, 6) is 0.705. The van der Waals surface area contributed by atoms with Crippen LogP contribution in [-0.4, -0.2) is 57.2 Å². The van der Waals surface area contributed by atoms with Crippen LogP contribution in [0.25, 0.3) is 0 Å². The summed E-state index contributed by atoms with van der Waals surface area (Å²) in [5, 5.41) is 3.38. The Labute approximate surface area is 139 Å². The highest BCUT2D eigenvalue weighted by molar-refractivity contribution is 6.30. The molecule has 8 heteroatoms. The van der Waals surface area contributed by atoms with E-state index in [4.69, 9.17) is 16.3 Å². The fourth-order valence-electron chi connectivity index (χ4n) is 2.58. The normalized spacial score (nSPS) is 17.5. The molecule has 23 heavy (non-hydrogen) atoms. The molecule has 1 N–H and O–H groups in total. The highest BCUT2D eigenvalue weighted by atomic mass is 35.5. The minimum absolute atomic E-state index is 0.105. The molecule has 1 aliphatic heterocycles. The van der Waals surface area contributed by atoms with Crippen LogP contribution in [0.5, 0.6) is 5.75 Å². The van der Waals surface area contributed by atoms with Gasteiger partial charge in [0.1, 0.15) is 5.75 Å². The third-order valence-electron chi connectivity index (χ3n) is 3.76. The molecular formula is C15H20ClF2N3O2. The van der Waals surface area contributed by atoms with Crippen LogP contribution >= 0.6 is 11.6 Å². The van der Waals surface area contributed by atoms with Crippen molar-refractivity contribution in [1.29, 1.82) is 0 Å². The molecule has 2 rings (SSSR count). The zero-order chi connectivity index (χ0) is 17.0. The molecule has 0 radical (unpaired) electrons. The van der Waals surface area contributed by atoms with Gasteiger partial charge in [0.15, 0.2) is 0 Å². The van der Waals surface area contributed by atoms with Crippen LogP contribution in [0.2, 0.25) is 5.02 Å². The van der Waals surface area contributed by atoms with Gasteiger partial charge >= 0.3 is 6.03 Å². The van der Waals surface area contributed by atoms with E-state index in [-0.39, 0.29) is 6.04 Å². The SMILES string of the molecule is COc1ccc(Cl)cc1N1CC[C@@H](NC(=O)N(C)CC(F)F)C1. The van der Waals surface area contributed by atoms with E-state index in [9.17, 15) is 13.6 Å². The van der Waals surface area contributed by atoms with Crippen molar-refractivity contribution in [3.05, 3.63) is 23.2 Å². The Morgan fingerprint density at radius 3 is 2.96 bits per heavy atom. The van der Waals surface area contributed by atoms with Gasteiger partial charge in [-0.05, 0) is 24.6 Å². The molecule has 0 aromatic heterocycles. The Balaban J connectivity index is 1.96. The molecule has 1 saturated heterocycles. The second-order valence-corrected chi connectivity index (χ2v) is 5.91. The first kappa shape index (κ1) is 17.6. The van der Waals surface area contributed by atoms with E-state index in [0.29, 0.717) is 17.3 Å². The lowest BCUT2D eigenvalue weighted by Crippen LogP contribution is -2.45. The number of methoxy groups -OCH3 is 1. The van der Waals surface area contributed by atoms with Gasteiger partial charge < -0.3 is 19.9 Å². The molecule has 0 unspecified atom stereocenters. The Morgan fingerprint density at radius 1 is 1.57 bits per heavy atom. The molecule has 0 aliphatic carbocycles. The summed E-state index contributed by atoms with van der Waals surface area (Å²) in [6.07, 6.45) is -1.81. The van der Waals surface area contributed by atoms with E-state index in [0.717, 1.165) is 23.6 Å². The topological polar surface area (TPSA) is 44.8 Å². The Morgan fingerprint density at radius 2 is 2.30 bits per heavy atom. The average molecular weight is 348 g/mol. The van der Waals surface area contributed by atoms with E-state index in [1.165, 1.54) is 7.05 Å². The minimum Gasteiger partial charge on any atom is -0.495 e. The number of nitrogens with zero attached hydrogens (tertiary/aromatic N) is 2. The molecule has 1 atom stereocenters. The van der Waals surface area contributed by atoms with Gasteiger partial charge in [-0.2, -0.15) is 0 Å². The Bertz CT molecular complexity index is 560. The van der Waals surface area contributed by atoms with Gasteiger partial charge in [0.05, 0.1) is 19.3 Å². The van der Waals surface area contributed by atoms with Crippen LogP contribution in [0, 0.1) is 0 Å². The molecule has 1 aliphatic rings. The zero-order valence-corrected chi connectivity index (χ0v) is 13.8. The van der Waals surface area contributed by atoms with Crippen molar-refractivity contribution in [2.75, 3.05) is 38.7 Å². The maximum Gasteiger partial charge on any atom is 0.317 e. The monoisotopic (exact) mass is 347 g/mol. The van der Waals surface area contributed by atoms with Crippen molar-refractivity contribution < 1.29 is 18.3 Å². The van der Waals surface area contributed by atoms with Crippen molar-refractivity contribution in [2.45, 2.75) is 18.9 Å². The fourth-order valence-corrected chi connectivity index (χ4v) is 2.75. The van der Waals surface area contributed by atoms with Gasteiger partial charge in [-0.25, -0.2) is 13.6 Å². The summed E-state index contributed by atoms with van der Waals surface area (Å²) in [6.45, 7) is 0.718. The summed E-state index contributed by atoms with van der Waals surface area (Å²) in [6, 6.07) is 4.76. The molecular weight excluding hydrogens is 328 g/mol. The second kappa shape index (κ2) is 7.68. The number of carbonyl (C=O) groups is 1. The quantitative estimate of drug-likeness (QED) is 0.890. The summed E-state index contributed by atoms with van der Waals surface area (Å²) in [5.41, 5.74) is 0.859. The van der Waals surface area contributed by atoms with Crippen molar-refractivity contribution in [3.63, 3.8) is 0 Å². The van der Waals surface area contributed by atoms with Crippen molar-refractivity contribution in [3.8, 4) is 5.75 Å². The molecule has 1 aromatic carbocycles. The molecule has 0 spiro atoms. The summed E-state index contributed by atoms with van der Waals surface area (Å²) in [7, 11) is 2.94. The summed E-state index contributed by atoms with van der Waals surface area (Å²) in [4.78, 5) is 14.9. The summed E-state index contributed by atoms with van der Waals surface area (Å²) >= 11 is 6.03. The lowest BCUT2D eigenvalue weighted by atomic mass is 10.2. The second-order valence-electron chi connectivity index (χ2n) is 5.47. The number of carbonyl (C=O) groups excluding carboxylic acids is 1. The number of amides is 2. The number of benzene rings is 1. The number of hydrogen-bond acceptors (Lipinski definition) is 3. The van der Waals surface area contributed by atoms with Crippen LogP contribution in [-0.2, 0) is 0 Å². The number of ether oxygens (including phenoxy) is 1. The van der Waals surface area contributed by atoms with Gasteiger partial charge in [-0.3, -0.25) is 0 Å². The largest absolute Gasteiger partial charge is 0.495 e. The minimum atomic E-state index is -2.54. The number of urea groups is 1. The van der Waals surface area contributed by atoms with Gasteiger partial charge in [0, 0.05) is 31.2 Å². The average Bonchev–Trinajstić information content (AvgIpc) is 2.94. The number of rotatable bonds is 5. The number of hydrogen-bond donors (Lipinski definition) is 1. The third-order valence-corrected chi connectivity index (χ3v) is 3.99. The molecule has 1 heterocycles. The molecule has 5 nitrogen and oxygen atoms in total. The highest BCUT2D eigenvalue weighted by Crippen LogP contribution is 2.33. The first-order chi connectivity index (χ1) is 10.9. The van der Waals surface area contributed by atoms with Crippen molar-refractivity contribution in [1.82, 2.24) is 10.2 Å².